The van der Waals surface area contributed by atoms with Crippen molar-refractivity contribution >= 4 is 35.6 Å². The third-order valence-electron chi connectivity index (χ3n) is 7.34. The molecule has 2 aromatic rings. The van der Waals surface area contributed by atoms with E-state index in [4.69, 9.17) is 16.3 Å². The molecule has 1 fully saturated rings. The van der Waals surface area contributed by atoms with Gasteiger partial charge in [0.25, 0.3) is 11.8 Å². The molecular weight excluding hydrogens is 520 g/mol. The first-order valence-electron chi connectivity index (χ1n) is 13.4. The molecule has 0 aromatic heterocycles. The number of amides is 3. The van der Waals surface area contributed by atoms with Gasteiger partial charge >= 0.3 is 0 Å². The second-order valence-electron chi connectivity index (χ2n) is 9.81. The zero-order chi connectivity index (χ0) is 27.8. The van der Waals surface area contributed by atoms with Gasteiger partial charge in [0, 0.05) is 62.3 Å². The molecule has 10 heteroatoms. The van der Waals surface area contributed by atoms with E-state index in [1.807, 2.05) is 18.2 Å². The van der Waals surface area contributed by atoms with Gasteiger partial charge in [-0.15, -0.1) is 0 Å². The molecule has 2 N–H and O–H groups in total. The summed E-state index contributed by atoms with van der Waals surface area (Å²) >= 11 is 6.49. The number of nitrogens with zero attached hydrogens (tertiary/aromatic N) is 2. The van der Waals surface area contributed by atoms with Gasteiger partial charge in [-0.05, 0) is 54.2 Å². The van der Waals surface area contributed by atoms with E-state index >= 15 is 0 Å². The quantitative estimate of drug-likeness (QED) is 0.413. The lowest BCUT2D eigenvalue weighted by Crippen LogP contribution is -2.51. The maximum atomic E-state index is 13.2. The van der Waals surface area contributed by atoms with Crippen LogP contribution in [0.1, 0.15) is 50.2 Å². The Hall–Kier alpha value is -3.27. The largest absolute Gasteiger partial charge is 0.379 e. The lowest BCUT2D eigenvalue weighted by Gasteiger charge is -2.34. The van der Waals surface area contributed by atoms with Gasteiger partial charge in [0.15, 0.2) is 0 Å². The Kier molecular flexibility index (Phi) is 10.1. The summed E-state index contributed by atoms with van der Waals surface area (Å²) in [4.78, 5) is 53.1. The van der Waals surface area contributed by atoms with Gasteiger partial charge in [-0.3, -0.25) is 19.3 Å². The molecule has 2 aliphatic heterocycles. The van der Waals surface area contributed by atoms with Crippen molar-refractivity contribution in [3.8, 4) is 0 Å². The van der Waals surface area contributed by atoms with E-state index in [0.717, 1.165) is 62.2 Å². The first-order valence-corrected chi connectivity index (χ1v) is 13.7. The number of ether oxygens (including phenoxy) is 1. The highest BCUT2D eigenvalue weighted by atomic mass is 35.5. The van der Waals surface area contributed by atoms with Gasteiger partial charge in [0.05, 0.1) is 13.2 Å². The van der Waals surface area contributed by atoms with E-state index in [1.165, 1.54) is 7.05 Å². The smallest absolute Gasteiger partial charge is 0.254 e. The number of morpholine rings is 1. The first kappa shape index (κ1) is 28.7. The second kappa shape index (κ2) is 13.7. The fourth-order valence-corrected chi connectivity index (χ4v) is 5.34. The zero-order valence-corrected chi connectivity index (χ0v) is 23.0. The van der Waals surface area contributed by atoms with Crippen LogP contribution in [0.2, 0.25) is 5.02 Å². The maximum Gasteiger partial charge on any atom is 0.254 e. The van der Waals surface area contributed by atoms with Gasteiger partial charge < -0.3 is 25.1 Å². The Morgan fingerprint density at radius 2 is 1.92 bits per heavy atom. The summed E-state index contributed by atoms with van der Waals surface area (Å²) in [6.45, 7) is 4.95. The van der Waals surface area contributed by atoms with Crippen LogP contribution in [0.25, 0.3) is 0 Å². The van der Waals surface area contributed by atoms with Crippen molar-refractivity contribution in [3.05, 3.63) is 69.2 Å². The second-order valence-corrected chi connectivity index (χ2v) is 10.2. The van der Waals surface area contributed by atoms with Crippen LogP contribution in [0.5, 0.6) is 0 Å². The molecule has 1 saturated heterocycles. The third-order valence-corrected chi connectivity index (χ3v) is 7.69. The molecule has 39 heavy (non-hydrogen) atoms. The average Bonchev–Trinajstić information content (AvgIpc) is 2.96. The lowest BCUT2D eigenvalue weighted by atomic mass is 9.94. The van der Waals surface area contributed by atoms with E-state index in [0.29, 0.717) is 35.7 Å². The molecule has 2 aliphatic rings. The SMILES string of the molecule is CNC(=O)C(CCC=O)N1CCc2cc(CNC(=O)c3ccc(CCN4CCOCC4)c(Cl)c3)ccc2C1=O. The number of aldehydes is 1. The number of nitrogens with one attached hydrogen (secondary N) is 2. The van der Waals surface area contributed by atoms with E-state index in [1.54, 1.807) is 23.1 Å². The van der Waals surface area contributed by atoms with Crippen molar-refractivity contribution in [1.82, 2.24) is 20.4 Å². The number of hydrogen-bond acceptors (Lipinski definition) is 6. The predicted molar refractivity (Wildman–Crippen MR) is 148 cm³/mol. The molecule has 1 unspecified atom stereocenters. The minimum atomic E-state index is -0.683. The molecular formula is C29H35ClN4O5. The van der Waals surface area contributed by atoms with Crippen molar-refractivity contribution in [1.29, 1.82) is 0 Å². The van der Waals surface area contributed by atoms with Crippen molar-refractivity contribution in [2.45, 2.75) is 38.3 Å². The summed E-state index contributed by atoms with van der Waals surface area (Å²) in [5, 5.41) is 6.10. The fraction of sp³-hybridized carbons (Fsp3) is 0.448. The van der Waals surface area contributed by atoms with Crippen LogP contribution in [0.15, 0.2) is 36.4 Å². The van der Waals surface area contributed by atoms with E-state index < -0.39 is 6.04 Å². The topological polar surface area (TPSA) is 108 Å². The van der Waals surface area contributed by atoms with Crippen LogP contribution in [0.4, 0.5) is 0 Å². The van der Waals surface area contributed by atoms with E-state index in [-0.39, 0.29) is 30.6 Å². The molecule has 1 atom stereocenters. The summed E-state index contributed by atoms with van der Waals surface area (Å²) in [7, 11) is 1.52. The summed E-state index contributed by atoms with van der Waals surface area (Å²) in [5.41, 5.74) is 3.80. The zero-order valence-electron chi connectivity index (χ0n) is 22.2. The Morgan fingerprint density at radius 3 is 2.64 bits per heavy atom. The van der Waals surface area contributed by atoms with Crippen molar-refractivity contribution in [2.24, 2.45) is 0 Å². The third kappa shape index (κ3) is 7.23. The molecule has 0 saturated carbocycles. The van der Waals surface area contributed by atoms with Crippen molar-refractivity contribution in [2.75, 3.05) is 46.4 Å². The number of benzene rings is 2. The van der Waals surface area contributed by atoms with Gasteiger partial charge in [-0.2, -0.15) is 0 Å². The predicted octanol–water partition coefficient (Wildman–Crippen LogP) is 2.24. The summed E-state index contributed by atoms with van der Waals surface area (Å²) in [5.74, 6) is -0.729. The molecule has 208 valence electrons. The molecule has 0 spiro atoms. The lowest BCUT2D eigenvalue weighted by molar-refractivity contribution is -0.125. The molecule has 2 heterocycles. The number of carbonyl (C=O) groups is 4. The summed E-state index contributed by atoms with van der Waals surface area (Å²) in [6, 6.07) is 10.2. The Bertz CT molecular complexity index is 1210. The Morgan fingerprint density at radius 1 is 1.13 bits per heavy atom. The number of likely N-dealkylation sites (N-methyl/N-ethyl adjacent to an activating group) is 1. The van der Waals surface area contributed by atoms with Crippen LogP contribution in [0.3, 0.4) is 0 Å². The number of halogens is 1. The highest BCUT2D eigenvalue weighted by molar-refractivity contribution is 6.31. The van der Waals surface area contributed by atoms with E-state index in [2.05, 4.69) is 15.5 Å². The number of rotatable bonds is 11. The number of fused-ring (bicyclic) bond motifs is 1. The van der Waals surface area contributed by atoms with Crippen molar-refractivity contribution < 1.29 is 23.9 Å². The molecule has 0 bridgehead atoms. The van der Waals surface area contributed by atoms with E-state index in [9.17, 15) is 19.2 Å². The highest BCUT2D eigenvalue weighted by Gasteiger charge is 2.33. The molecule has 9 nitrogen and oxygen atoms in total. The van der Waals surface area contributed by atoms with Crippen LogP contribution in [-0.4, -0.2) is 86.3 Å². The molecule has 4 rings (SSSR count). The summed E-state index contributed by atoms with van der Waals surface area (Å²) < 4.78 is 5.39. The Labute approximate surface area is 233 Å². The van der Waals surface area contributed by atoms with Gasteiger partial charge in [-0.25, -0.2) is 0 Å². The number of carbonyl (C=O) groups excluding carboxylic acids is 4. The summed E-state index contributed by atoms with van der Waals surface area (Å²) in [6.07, 6.45) is 2.64. The number of hydrogen-bond donors (Lipinski definition) is 2. The van der Waals surface area contributed by atoms with Gasteiger partial charge in [0.2, 0.25) is 5.91 Å². The van der Waals surface area contributed by atoms with Crippen LogP contribution in [0, 0.1) is 0 Å². The monoisotopic (exact) mass is 554 g/mol. The molecule has 2 aromatic carbocycles. The Balaban J connectivity index is 1.34. The maximum absolute atomic E-state index is 13.2. The van der Waals surface area contributed by atoms with Crippen LogP contribution >= 0.6 is 11.6 Å². The minimum absolute atomic E-state index is 0.204. The standard InChI is InChI=1S/C29H35ClN4O5/c1-31-28(37)26(3-2-14-35)34-11-9-22-17-20(4-7-24(22)29(34)38)19-32-27(36)23-6-5-21(25(30)18-23)8-10-33-12-15-39-16-13-33/h4-7,14,17-18,26H,2-3,8-13,15-16,19H2,1H3,(H,31,37)(H,32,36). The average molecular weight is 555 g/mol. The molecule has 0 radical (unpaired) electrons. The van der Waals surface area contributed by atoms with Gasteiger partial charge in [0.1, 0.15) is 12.3 Å². The van der Waals surface area contributed by atoms with Crippen LogP contribution < -0.4 is 10.6 Å². The van der Waals surface area contributed by atoms with Crippen molar-refractivity contribution in [3.63, 3.8) is 0 Å². The normalized spacial score (nSPS) is 16.4. The van der Waals surface area contributed by atoms with Crippen LogP contribution in [-0.2, 0) is 33.7 Å². The molecule has 0 aliphatic carbocycles. The minimum Gasteiger partial charge on any atom is -0.379 e. The van der Waals surface area contributed by atoms with Gasteiger partial charge in [-0.1, -0.05) is 29.8 Å². The fourth-order valence-electron chi connectivity index (χ4n) is 5.07. The first-order chi connectivity index (χ1) is 18.9. The molecule has 3 amide bonds. The highest BCUT2D eigenvalue weighted by Crippen LogP contribution is 2.24.